The maximum Gasteiger partial charge on any atom is 0.202 e. The topological polar surface area (TPSA) is 30.2 Å². The molecule has 15 heavy (non-hydrogen) atoms. The van der Waals surface area contributed by atoms with E-state index in [-0.39, 0.29) is 23.2 Å². The summed E-state index contributed by atoms with van der Waals surface area (Å²) in [4.78, 5) is 11.6. The van der Waals surface area contributed by atoms with Gasteiger partial charge in [0, 0.05) is 6.42 Å². The zero-order chi connectivity index (χ0) is 10.8. The highest BCUT2D eigenvalue weighted by molar-refractivity contribution is 7.14. The van der Waals surface area contributed by atoms with Gasteiger partial charge in [-0.3, -0.25) is 4.79 Å². The number of furan rings is 1. The Morgan fingerprint density at radius 2 is 2.20 bits per heavy atom. The van der Waals surface area contributed by atoms with Crippen LogP contribution in [0.5, 0.6) is 0 Å². The minimum atomic E-state index is -0.101. The van der Waals surface area contributed by atoms with Gasteiger partial charge in [0.2, 0.25) is 5.78 Å². The van der Waals surface area contributed by atoms with Crippen molar-refractivity contribution in [2.75, 3.05) is 0 Å². The van der Waals surface area contributed by atoms with Crippen LogP contribution < -0.4 is 0 Å². The molecule has 2 aromatic rings. The lowest BCUT2D eigenvalue weighted by molar-refractivity contribution is 0.0966. The summed E-state index contributed by atoms with van der Waals surface area (Å²) in [5.41, 5.74) is 0.891. The number of rotatable bonds is 3. The van der Waals surface area contributed by atoms with Gasteiger partial charge in [0.1, 0.15) is 0 Å². The second-order valence-electron chi connectivity index (χ2n) is 2.96. The third kappa shape index (κ3) is 2.62. The normalized spacial score (nSPS) is 10.5. The van der Waals surface area contributed by atoms with E-state index in [0.717, 1.165) is 5.56 Å². The van der Waals surface area contributed by atoms with Gasteiger partial charge in [-0.15, -0.1) is 11.3 Å². The molecule has 2 aromatic heterocycles. The Bertz CT molecular complexity index is 487. The fourth-order valence-electron chi connectivity index (χ4n) is 1.18. The highest BCUT2D eigenvalue weighted by Gasteiger charge is 2.12. The molecule has 0 aliphatic heterocycles. The van der Waals surface area contributed by atoms with Crippen LogP contribution in [0.1, 0.15) is 16.1 Å². The maximum atomic E-state index is 11.6. The molecule has 0 aliphatic rings. The molecule has 2 heterocycles. The van der Waals surface area contributed by atoms with Gasteiger partial charge in [-0.1, -0.05) is 11.6 Å². The fourth-order valence-corrected chi connectivity index (χ4v) is 2.23. The summed E-state index contributed by atoms with van der Waals surface area (Å²) in [6, 6.07) is 4.89. The van der Waals surface area contributed by atoms with Crippen molar-refractivity contribution in [2.45, 2.75) is 6.42 Å². The van der Waals surface area contributed by atoms with Crippen molar-refractivity contribution in [2.24, 2.45) is 0 Å². The summed E-state index contributed by atoms with van der Waals surface area (Å²) in [6.45, 7) is 0. The molecule has 2 nitrogen and oxygen atoms in total. The van der Waals surface area contributed by atoms with Gasteiger partial charge in [0.25, 0.3) is 0 Å². The number of carbonyl (C=O) groups excluding carboxylic acids is 1. The molecule has 0 fully saturated rings. The number of ketones is 1. The first-order chi connectivity index (χ1) is 7.15. The van der Waals surface area contributed by atoms with Crippen LogP contribution in [0.15, 0.2) is 28.0 Å². The fraction of sp³-hybridized carbons (Fsp3) is 0.100. The number of hydrogen-bond donors (Lipinski definition) is 0. The molecule has 5 heteroatoms. The second kappa shape index (κ2) is 4.39. The number of halogens is 2. The van der Waals surface area contributed by atoms with Crippen LogP contribution in [-0.4, -0.2) is 5.78 Å². The molecule has 0 spiro atoms. The van der Waals surface area contributed by atoms with Crippen molar-refractivity contribution in [3.05, 3.63) is 44.5 Å². The Balaban J connectivity index is 2.10. The van der Waals surface area contributed by atoms with Crippen molar-refractivity contribution in [3.63, 3.8) is 0 Å². The van der Waals surface area contributed by atoms with Crippen molar-refractivity contribution in [1.82, 2.24) is 0 Å². The molecule has 0 aromatic carbocycles. The van der Waals surface area contributed by atoms with Gasteiger partial charge in [-0.2, -0.15) is 0 Å². The summed E-state index contributed by atoms with van der Waals surface area (Å²) in [5.74, 6) is 0.179. The SMILES string of the molecule is O=C(Cc1csc(Cl)c1)c1ccc(Cl)o1. The first-order valence-corrected chi connectivity index (χ1v) is 5.80. The summed E-state index contributed by atoms with van der Waals surface area (Å²) < 4.78 is 5.69. The summed E-state index contributed by atoms with van der Waals surface area (Å²) in [7, 11) is 0. The molecule has 0 atom stereocenters. The summed E-state index contributed by atoms with van der Waals surface area (Å²) in [5, 5.41) is 2.08. The molecule has 2 rings (SSSR count). The number of hydrogen-bond acceptors (Lipinski definition) is 3. The molecule has 0 saturated heterocycles. The molecule has 0 radical (unpaired) electrons. The van der Waals surface area contributed by atoms with E-state index in [0.29, 0.717) is 4.34 Å². The van der Waals surface area contributed by atoms with Crippen molar-refractivity contribution in [1.29, 1.82) is 0 Å². The molecule has 0 aliphatic carbocycles. The van der Waals surface area contributed by atoms with E-state index in [1.807, 2.05) is 5.38 Å². The van der Waals surface area contributed by atoms with E-state index < -0.39 is 0 Å². The Labute approximate surface area is 100 Å². The first kappa shape index (κ1) is 10.7. The predicted molar refractivity (Wildman–Crippen MR) is 61.1 cm³/mol. The minimum Gasteiger partial charge on any atom is -0.442 e. The van der Waals surface area contributed by atoms with E-state index in [1.165, 1.54) is 11.3 Å². The summed E-state index contributed by atoms with van der Waals surface area (Å²) >= 11 is 12.7. The van der Waals surface area contributed by atoms with Gasteiger partial charge in [-0.05, 0) is 40.7 Å². The molecule has 78 valence electrons. The average molecular weight is 261 g/mol. The highest BCUT2D eigenvalue weighted by atomic mass is 35.5. The Morgan fingerprint density at radius 3 is 2.73 bits per heavy atom. The minimum absolute atomic E-state index is 0.101. The van der Waals surface area contributed by atoms with E-state index in [9.17, 15) is 4.79 Å². The van der Waals surface area contributed by atoms with Gasteiger partial charge >= 0.3 is 0 Å². The Hall–Kier alpha value is -0.770. The van der Waals surface area contributed by atoms with E-state index in [1.54, 1.807) is 18.2 Å². The lowest BCUT2D eigenvalue weighted by atomic mass is 10.1. The quantitative estimate of drug-likeness (QED) is 0.779. The standard InChI is InChI=1S/C10H6Cl2O2S/c11-9-2-1-8(14-9)7(13)3-6-4-10(12)15-5-6/h1-2,4-5H,3H2. The molecular formula is C10H6Cl2O2S. The van der Waals surface area contributed by atoms with Crippen molar-refractivity contribution in [3.8, 4) is 0 Å². The van der Waals surface area contributed by atoms with Crippen LogP contribution in [0.2, 0.25) is 9.56 Å². The van der Waals surface area contributed by atoms with Crippen LogP contribution >= 0.6 is 34.5 Å². The Morgan fingerprint density at radius 1 is 1.40 bits per heavy atom. The molecule has 0 saturated carbocycles. The lowest BCUT2D eigenvalue weighted by Crippen LogP contribution is -2.00. The van der Waals surface area contributed by atoms with Gasteiger partial charge in [-0.25, -0.2) is 0 Å². The third-order valence-corrected chi connectivity index (χ3v) is 3.18. The zero-order valence-electron chi connectivity index (χ0n) is 7.50. The smallest absolute Gasteiger partial charge is 0.202 e. The van der Waals surface area contributed by atoms with Gasteiger partial charge in [0.15, 0.2) is 11.0 Å². The van der Waals surface area contributed by atoms with Crippen molar-refractivity contribution < 1.29 is 9.21 Å². The maximum absolute atomic E-state index is 11.6. The predicted octanol–water partition coefficient (Wildman–Crippen LogP) is 4.07. The van der Waals surface area contributed by atoms with E-state index >= 15 is 0 Å². The van der Waals surface area contributed by atoms with E-state index in [4.69, 9.17) is 27.6 Å². The van der Waals surface area contributed by atoms with Crippen LogP contribution in [0, 0.1) is 0 Å². The third-order valence-electron chi connectivity index (χ3n) is 1.83. The summed E-state index contributed by atoms with van der Waals surface area (Å²) in [6.07, 6.45) is 0.285. The van der Waals surface area contributed by atoms with Gasteiger partial charge < -0.3 is 4.42 Å². The van der Waals surface area contributed by atoms with Crippen LogP contribution in [0.3, 0.4) is 0 Å². The number of thiophene rings is 1. The van der Waals surface area contributed by atoms with E-state index in [2.05, 4.69) is 0 Å². The second-order valence-corrected chi connectivity index (χ2v) is 4.88. The molecule has 0 N–H and O–H groups in total. The highest BCUT2D eigenvalue weighted by Crippen LogP contribution is 2.22. The zero-order valence-corrected chi connectivity index (χ0v) is 9.83. The molecule has 0 bridgehead atoms. The largest absolute Gasteiger partial charge is 0.442 e. The van der Waals surface area contributed by atoms with Crippen molar-refractivity contribution >= 4 is 40.3 Å². The van der Waals surface area contributed by atoms with Crippen LogP contribution in [0.4, 0.5) is 0 Å². The lowest BCUT2D eigenvalue weighted by Gasteiger charge is -1.93. The average Bonchev–Trinajstić information content (AvgIpc) is 2.75. The Kier molecular flexibility index (Phi) is 3.14. The van der Waals surface area contributed by atoms with Crippen LogP contribution in [0.25, 0.3) is 0 Å². The molecule has 0 unspecified atom stereocenters. The monoisotopic (exact) mass is 260 g/mol. The van der Waals surface area contributed by atoms with Gasteiger partial charge in [0.05, 0.1) is 4.34 Å². The first-order valence-electron chi connectivity index (χ1n) is 4.16. The molecular weight excluding hydrogens is 255 g/mol. The molecule has 0 amide bonds. The number of Topliss-reactive ketones (excluding diaryl/α,β-unsaturated/α-hetero) is 1. The van der Waals surface area contributed by atoms with Crippen LogP contribution in [-0.2, 0) is 6.42 Å². The number of carbonyl (C=O) groups is 1.